The molecule has 1 atom stereocenters. The second-order valence-electron chi connectivity index (χ2n) is 9.62. The maximum atomic E-state index is 13.4. The van der Waals surface area contributed by atoms with Gasteiger partial charge in [-0.1, -0.05) is 72.5 Å². The van der Waals surface area contributed by atoms with Crippen LogP contribution in [0.3, 0.4) is 0 Å². The van der Waals surface area contributed by atoms with E-state index in [1.54, 1.807) is 10.8 Å². The van der Waals surface area contributed by atoms with E-state index in [0.29, 0.717) is 27.9 Å². The minimum absolute atomic E-state index is 0.0530. The number of carbonyl (C=O) groups is 1. The lowest BCUT2D eigenvalue weighted by molar-refractivity contribution is -0.123. The maximum Gasteiger partial charge on any atom is 0.266 e. The lowest BCUT2D eigenvalue weighted by atomic mass is 10.1. The number of nitrogens with zero attached hydrogens (tertiary/aromatic N) is 3. The predicted octanol–water partition coefficient (Wildman–Crippen LogP) is 5.51. The number of sulfone groups is 1. The van der Waals surface area contributed by atoms with Crippen LogP contribution in [0.15, 0.2) is 96.0 Å². The normalized spacial score (nSPS) is 19.4. The van der Waals surface area contributed by atoms with E-state index >= 15 is 0 Å². The van der Waals surface area contributed by atoms with E-state index in [9.17, 15) is 13.2 Å². The van der Waals surface area contributed by atoms with Crippen molar-refractivity contribution < 1.29 is 17.9 Å². The summed E-state index contributed by atoms with van der Waals surface area (Å²) in [5.41, 5.74) is 4.29. The summed E-state index contributed by atoms with van der Waals surface area (Å²) in [7, 11) is -3.16. The Balaban J connectivity index is 1.30. The Morgan fingerprint density at radius 1 is 1.00 bits per heavy atom. The average molecular weight is 588 g/mol. The molecule has 6 rings (SSSR count). The van der Waals surface area contributed by atoms with E-state index in [2.05, 4.69) is 0 Å². The molecule has 40 heavy (non-hydrogen) atoms. The molecule has 0 spiro atoms. The van der Waals surface area contributed by atoms with Crippen molar-refractivity contribution >= 4 is 50.1 Å². The van der Waals surface area contributed by atoms with Gasteiger partial charge in [0.2, 0.25) is 0 Å². The summed E-state index contributed by atoms with van der Waals surface area (Å²) >= 11 is 6.70. The number of rotatable bonds is 7. The highest BCUT2D eigenvalue weighted by atomic mass is 32.2. The summed E-state index contributed by atoms with van der Waals surface area (Å²) in [4.78, 5) is 15.3. The molecular formula is C30H25N3O4S3. The van der Waals surface area contributed by atoms with Gasteiger partial charge in [-0.25, -0.2) is 13.1 Å². The Hall–Kier alpha value is -3.73. The summed E-state index contributed by atoms with van der Waals surface area (Å²) in [6.45, 7) is 0.470. The Morgan fingerprint density at radius 3 is 2.38 bits per heavy atom. The molecule has 1 amide bonds. The van der Waals surface area contributed by atoms with Crippen molar-refractivity contribution in [2.75, 3.05) is 11.5 Å². The monoisotopic (exact) mass is 587 g/mol. The largest absolute Gasteiger partial charge is 0.489 e. The van der Waals surface area contributed by atoms with Gasteiger partial charge in [-0.05, 0) is 54.5 Å². The lowest BCUT2D eigenvalue weighted by Gasteiger charge is -2.20. The van der Waals surface area contributed by atoms with Crippen LogP contribution in [0.2, 0.25) is 0 Å². The van der Waals surface area contributed by atoms with E-state index in [4.69, 9.17) is 22.1 Å². The number of amides is 1. The number of carbonyl (C=O) groups excluding carboxylic acids is 1. The molecule has 10 heteroatoms. The molecule has 3 heterocycles. The number of hydrogen-bond donors (Lipinski definition) is 0. The Morgan fingerprint density at radius 2 is 1.70 bits per heavy atom. The van der Waals surface area contributed by atoms with Crippen LogP contribution in [0.4, 0.5) is 0 Å². The van der Waals surface area contributed by atoms with Crippen molar-refractivity contribution in [2.45, 2.75) is 19.1 Å². The quantitative estimate of drug-likeness (QED) is 0.208. The number of para-hydroxylation sites is 1. The summed E-state index contributed by atoms with van der Waals surface area (Å²) in [5.74, 6) is 0.499. The van der Waals surface area contributed by atoms with E-state index < -0.39 is 15.9 Å². The van der Waals surface area contributed by atoms with Crippen LogP contribution >= 0.6 is 24.0 Å². The highest BCUT2D eigenvalue weighted by Crippen LogP contribution is 2.38. The zero-order valence-electron chi connectivity index (χ0n) is 21.3. The Kier molecular flexibility index (Phi) is 7.31. The number of hydrogen-bond acceptors (Lipinski definition) is 7. The second-order valence-corrected chi connectivity index (χ2v) is 13.5. The maximum absolute atomic E-state index is 13.4. The van der Waals surface area contributed by atoms with E-state index in [-0.39, 0.29) is 17.4 Å². The van der Waals surface area contributed by atoms with Gasteiger partial charge in [0.1, 0.15) is 16.7 Å². The van der Waals surface area contributed by atoms with Gasteiger partial charge in [-0.3, -0.25) is 9.69 Å². The molecule has 202 valence electrons. The van der Waals surface area contributed by atoms with Crippen molar-refractivity contribution in [1.29, 1.82) is 0 Å². The molecule has 0 saturated carbocycles. The van der Waals surface area contributed by atoms with Crippen LogP contribution in [0.25, 0.3) is 23.0 Å². The van der Waals surface area contributed by atoms with E-state index in [0.717, 1.165) is 28.1 Å². The molecule has 0 aliphatic carbocycles. The Labute approximate surface area is 242 Å². The molecule has 0 N–H and O–H groups in total. The van der Waals surface area contributed by atoms with Gasteiger partial charge in [0, 0.05) is 17.3 Å². The molecule has 0 unspecified atom stereocenters. The Bertz CT molecular complexity index is 1700. The minimum Gasteiger partial charge on any atom is -0.489 e. The molecule has 2 aliphatic rings. The number of benzene rings is 3. The molecule has 2 aliphatic heterocycles. The van der Waals surface area contributed by atoms with Crippen molar-refractivity contribution in [3.05, 3.63) is 107 Å². The summed E-state index contributed by atoms with van der Waals surface area (Å²) in [6.07, 6.45) is 4.08. The average Bonchev–Trinajstić information content (AvgIpc) is 3.63. The number of thioether (sulfide) groups is 1. The third-order valence-corrected chi connectivity index (χ3v) is 9.90. The lowest BCUT2D eigenvalue weighted by Crippen LogP contribution is -2.39. The summed E-state index contributed by atoms with van der Waals surface area (Å²) in [6, 6.07) is 27.0. The van der Waals surface area contributed by atoms with Gasteiger partial charge in [-0.2, -0.15) is 5.10 Å². The van der Waals surface area contributed by atoms with E-state index in [1.807, 2.05) is 91.1 Å². The fraction of sp³-hybridized carbons (Fsp3) is 0.167. The van der Waals surface area contributed by atoms with Crippen LogP contribution in [-0.2, 0) is 21.2 Å². The van der Waals surface area contributed by atoms with Crippen LogP contribution < -0.4 is 4.74 Å². The standard InChI is InChI=1S/C30H25N3O4S3/c34-29-27(39-30(38)33(29)25-15-16-40(35,36)20-25)17-23-18-32(24-9-5-2-6-10-24)31-28(23)22-11-13-26(14-12-22)37-19-21-7-3-1-4-8-21/h1-14,17-18,25H,15-16,19-20H2/b27-17-/t25-/m1/s1. The van der Waals surface area contributed by atoms with Gasteiger partial charge in [0.05, 0.1) is 33.8 Å². The first kappa shape index (κ1) is 26.5. The SMILES string of the molecule is O=C1/C(=C/c2cn(-c3ccccc3)nc2-c2ccc(OCc3ccccc3)cc2)SC(=S)N1[C@@H]1CCS(=O)(=O)C1. The topological polar surface area (TPSA) is 81.5 Å². The molecule has 4 aromatic rings. The van der Waals surface area contributed by atoms with Crippen molar-refractivity contribution in [1.82, 2.24) is 14.7 Å². The van der Waals surface area contributed by atoms with Crippen molar-refractivity contribution in [2.24, 2.45) is 0 Å². The third kappa shape index (κ3) is 5.60. The first-order valence-electron chi connectivity index (χ1n) is 12.8. The highest BCUT2D eigenvalue weighted by molar-refractivity contribution is 8.26. The van der Waals surface area contributed by atoms with Gasteiger partial charge >= 0.3 is 0 Å². The molecule has 0 radical (unpaired) electrons. The predicted molar refractivity (Wildman–Crippen MR) is 162 cm³/mol. The first-order chi connectivity index (χ1) is 19.4. The van der Waals surface area contributed by atoms with Crippen LogP contribution in [0.5, 0.6) is 5.75 Å². The highest BCUT2D eigenvalue weighted by Gasteiger charge is 2.42. The summed E-state index contributed by atoms with van der Waals surface area (Å²) < 4.78 is 32.2. The number of ether oxygens (including phenoxy) is 1. The van der Waals surface area contributed by atoms with Crippen molar-refractivity contribution in [3.63, 3.8) is 0 Å². The molecule has 0 bridgehead atoms. The zero-order valence-corrected chi connectivity index (χ0v) is 23.8. The van der Waals surface area contributed by atoms with Crippen molar-refractivity contribution in [3.8, 4) is 22.7 Å². The van der Waals surface area contributed by atoms with Gasteiger partial charge in [0.15, 0.2) is 9.84 Å². The molecule has 2 saturated heterocycles. The molecular weight excluding hydrogens is 563 g/mol. The molecule has 7 nitrogen and oxygen atoms in total. The van der Waals surface area contributed by atoms with E-state index in [1.165, 1.54) is 16.7 Å². The van der Waals surface area contributed by atoms with Crippen LogP contribution in [-0.4, -0.2) is 50.9 Å². The van der Waals surface area contributed by atoms with Crippen LogP contribution in [0.1, 0.15) is 17.5 Å². The first-order valence-corrected chi connectivity index (χ1v) is 15.8. The van der Waals surface area contributed by atoms with Gasteiger partial charge < -0.3 is 4.74 Å². The zero-order chi connectivity index (χ0) is 27.7. The molecule has 2 fully saturated rings. The fourth-order valence-corrected chi connectivity index (χ4v) is 7.89. The van der Waals surface area contributed by atoms with Crippen LogP contribution in [0, 0.1) is 0 Å². The minimum atomic E-state index is -3.16. The van der Waals surface area contributed by atoms with Gasteiger partial charge in [-0.15, -0.1) is 0 Å². The molecule has 1 aromatic heterocycles. The fourth-order valence-electron chi connectivity index (χ4n) is 4.80. The third-order valence-electron chi connectivity index (χ3n) is 6.82. The number of aromatic nitrogens is 2. The van der Waals surface area contributed by atoms with Gasteiger partial charge in [0.25, 0.3) is 5.91 Å². The number of thiocarbonyl (C=S) groups is 1. The second kappa shape index (κ2) is 11.0. The summed E-state index contributed by atoms with van der Waals surface area (Å²) in [5, 5.41) is 4.86. The smallest absolute Gasteiger partial charge is 0.266 e. The molecule has 3 aromatic carbocycles.